The van der Waals surface area contributed by atoms with Gasteiger partial charge in [0.25, 0.3) is 5.91 Å². The van der Waals surface area contributed by atoms with Gasteiger partial charge in [-0.1, -0.05) is 29.8 Å². The number of esters is 1. The van der Waals surface area contributed by atoms with Gasteiger partial charge in [0.15, 0.2) is 12.4 Å². The molecule has 3 aromatic rings. The van der Waals surface area contributed by atoms with Crippen LogP contribution in [0.1, 0.15) is 26.3 Å². The number of hydrogen-bond donors (Lipinski definition) is 1. The minimum atomic E-state index is -0.776. The third-order valence-corrected chi connectivity index (χ3v) is 5.51. The number of hydrogen-bond acceptors (Lipinski definition) is 5. The summed E-state index contributed by atoms with van der Waals surface area (Å²) in [7, 11) is 1.53. The highest BCUT2D eigenvalue weighted by molar-refractivity contribution is 9.10. The van der Waals surface area contributed by atoms with E-state index in [-0.39, 0.29) is 16.9 Å². The van der Waals surface area contributed by atoms with E-state index < -0.39 is 18.5 Å². The summed E-state index contributed by atoms with van der Waals surface area (Å²) in [5.74, 6) is -1.04. The molecule has 1 amide bonds. The summed E-state index contributed by atoms with van der Waals surface area (Å²) in [5, 5.41) is 3.02. The van der Waals surface area contributed by atoms with Gasteiger partial charge in [0.2, 0.25) is 0 Å². The fraction of sp³-hybridized carbons (Fsp3) is 0.0870. The Morgan fingerprint density at radius 2 is 1.65 bits per heavy atom. The van der Waals surface area contributed by atoms with Crippen LogP contribution in [0.4, 0.5) is 5.69 Å². The highest BCUT2D eigenvalue weighted by Gasteiger charge is 2.20. The van der Waals surface area contributed by atoms with E-state index in [1.54, 1.807) is 54.6 Å². The summed E-state index contributed by atoms with van der Waals surface area (Å²) in [5.41, 5.74) is 1.11. The number of rotatable bonds is 7. The van der Waals surface area contributed by atoms with E-state index in [4.69, 9.17) is 21.1 Å². The highest BCUT2D eigenvalue weighted by atomic mass is 79.9. The minimum absolute atomic E-state index is 0.0720. The fourth-order valence-electron chi connectivity index (χ4n) is 2.74. The molecule has 0 aliphatic heterocycles. The number of methoxy groups -OCH3 is 1. The number of halogens is 2. The largest absolute Gasteiger partial charge is 0.497 e. The average Bonchev–Trinajstić information content (AvgIpc) is 2.79. The molecule has 0 aliphatic carbocycles. The summed E-state index contributed by atoms with van der Waals surface area (Å²) < 4.78 is 10.9. The number of benzene rings is 3. The maximum absolute atomic E-state index is 12.9. The first-order valence-electron chi connectivity index (χ1n) is 9.09. The third kappa shape index (κ3) is 5.71. The Labute approximate surface area is 192 Å². The van der Waals surface area contributed by atoms with Crippen molar-refractivity contribution in [2.24, 2.45) is 0 Å². The zero-order chi connectivity index (χ0) is 22.4. The van der Waals surface area contributed by atoms with Crippen molar-refractivity contribution in [3.05, 3.63) is 92.9 Å². The molecule has 0 spiro atoms. The van der Waals surface area contributed by atoms with Gasteiger partial charge >= 0.3 is 5.97 Å². The third-order valence-electron chi connectivity index (χ3n) is 4.28. The molecule has 158 valence electrons. The molecule has 0 atom stereocenters. The van der Waals surface area contributed by atoms with Crippen molar-refractivity contribution in [1.82, 2.24) is 0 Å². The maximum atomic E-state index is 12.9. The molecule has 0 saturated carbocycles. The number of carbonyl (C=O) groups excluding carboxylic acids is 3. The molecule has 0 radical (unpaired) electrons. The van der Waals surface area contributed by atoms with Gasteiger partial charge < -0.3 is 14.8 Å². The Kier molecular flexibility index (Phi) is 7.44. The van der Waals surface area contributed by atoms with E-state index in [1.807, 2.05) is 0 Å². The van der Waals surface area contributed by atoms with E-state index in [0.29, 0.717) is 26.5 Å². The van der Waals surface area contributed by atoms with Crippen LogP contribution in [0.5, 0.6) is 5.75 Å². The zero-order valence-corrected chi connectivity index (χ0v) is 18.7. The van der Waals surface area contributed by atoms with Crippen LogP contribution < -0.4 is 10.1 Å². The molecule has 8 heteroatoms. The summed E-state index contributed by atoms with van der Waals surface area (Å²) >= 11 is 9.26. The summed E-state index contributed by atoms with van der Waals surface area (Å²) in [4.78, 5) is 37.5. The maximum Gasteiger partial charge on any atom is 0.339 e. The van der Waals surface area contributed by atoms with Gasteiger partial charge in [-0.05, 0) is 64.5 Å². The Hall–Kier alpha value is -3.16. The molecular weight excluding hydrogens is 486 g/mol. The van der Waals surface area contributed by atoms with Crippen molar-refractivity contribution in [3.8, 4) is 5.75 Å². The van der Waals surface area contributed by atoms with Crippen LogP contribution in [0.2, 0.25) is 5.02 Å². The van der Waals surface area contributed by atoms with Crippen LogP contribution >= 0.6 is 27.5 Å². The van der Waals surface area contributed by atoms with Gasteiger partial charge in [-0.25, -0.2) is 4.79 Å². The smallest absolute Gasteiger partial charge is 0.339 e. The van der Waals surface area contributed by atoms with Gasteiger partial charge in [0.1, 0.15) is 5.75 Å². The van der Waals surface area contributed by atoms with E-state index in [2.05, 4.69) is 21.2 Å². The standard InChI is InChI=1S/C23H17BrClNO5/c1-30-16-9-6-14(7-10-16)22(28)17-4-2-3-5-18(17)23(29)31-13-21(27)26-15-8-11-19(24)20(25)12-15/h2-12H,13H2,1H3,(H,26,27). The molecule has 0 aliphatic rings. The van der Waals surface area contributed by atoms with Gasteiger partial charge in [-0.3, -0.25) is 9.59 Å². The lowest BCUT2D eigenvalue weighted by Gasteiger charge is -2.10. The van der Waals surface area contributed by atoms with Crippen molar-refractivity contribution in [2.45, 2.75) is 0 Å². The zero-order valence-electron chi connectivity index (χ0n) is 16.4. The summed E-state index contributed by atoms with van der Waals surface area (Å²) in [6, 6.07) is 17.7. The molecule has 0 fully saturated rings. The topological polar surface area (TPSA) is 81.7 Å². The Bertz CT molecular complexity index is 1130. The lowest BCUT2D eigenvalue weighted by atomic mass is 9.98. The first-order chi connectivity index (χ1) is 14.9. The van der Waals surface area contributed by atoms with Crippen LogP contribution in [0.25, 0.3) is 0 Å². The SMILES string of the molecule is COc1ccc(C(=O)c2ccccc2C(=O)OCC(=O)Nc2ccc(Br)c(Cl)c2)cc1. The Morgan fingerprint density at radius 3 is 2.29 bits per heavy atom. The molecular formula is C23H17BrClNO5. The van der Waals surface area contributed by atoms with Crippen LogP contribution in [0.3, 0.4) is 0 Å². The second kappa shape index (κ2) is 10.2. The lowest BCUT2D eigenvalue weighted by Crippen LogP contribution is -2.22. The van der Waals surface area contributed by atoms with E-state index in [9.17, 15) is 14.4 Å². The molecule has 0 unspecified atom stereocenters. The number of carbonyl (C=O) groups is 3. The number of ether oxygens (including phenoxy) is 2. The second-order valence-corrected chi connectivity index (χ2v) is 7.62. The molecule has 31 heavy (non-hydrogen) atoms. The molecule has 0 bridgehead atoms. The van der Waals surface area contributed by atoms with Gasteiger partial charge in [0, 0.05) is 21.3 Å². The lowest BCUT2D eigenvalue weighted by molar-refractivity contribution is -0.119. The van der Waals surface area contributed by atoms with E-state index in [0.717, 1.165) is 0 Å². The van der Waals surface area contributed by atoms with Crippen molar-refractivity contribution >= 4 is 50.9 Å². The van der Waals surface area contributed by atoms with Crippen LogP contribution in [0.15, 0.2) is 71.2 Å². The van der Waals surface area contributed by atoms with Crippen molar-refractivity contribution in [3.63, 3.8) is 0 Å². The molecule has 3 rings (SSSR count). The Morgan fingerprint density at radius 1 is 0.968 bits per heavy atom. The number of ketones is 1. The molecule has 1 N–H and O–H groups in total. The average molecular weight is 503 g/mol. The molecule has 0 saturated heterocycles. The Balaban J connectivity index is 1.68. The normalized spacial score (nSPS) is 10.3. The van der Waals surface area contributed by atoms with E-state index >= 15 is 0 Å². The predicted molar refractivity (Wildman–Crippen MR) is 121 cm³/mol. The molecule has 6 nitrogen and oxygen atoms in total. The van der Waals surface area contributed by atoms with Gasteiger partial charge in [0.05, 0.1) is 17.7 Å². The molecule has 3 aromatic carbocycles. The first-order valence-corrected chi connectivity index (χ1v) is 10.3. The monoisotopic (exact) mass is 501 g/mol. The quantitative estimate of drug-likeness (QED) is 0.357. The summed E-state index contributed by atoms with van der Waals surface area (Å²) in [6.45, 7) is -0.516. The second-order valence-electron chi connectivity index (χ2n) is 6.36. The van der Waals surface area contributed by atoms with Gasteiger partial charge in [-0.2, -0.15) is 0 Å². The number of amides is 1. The van der Waals surface area contributed by atoms with Crippen LogP contribution in [-0.2, 0) is 9.53 Å². The van der Waals surface area contributed by atoms with Gasteiger partial charge in [-0.15, -0.1) is 0 Å². The minimum Gasteiger partial charge on any atom is -0.497 e. The van der Waals surface area contributed by atoms with Crippen molar-refractivity contribution < 1.29 is 23.9 Å². The first kappa shape index (κ1) is 22.5. The molecule has 0 aromatic heterocycles. The number of nitrogens with one attached hydrogen (secondary N) is 1. The van der Waals surface area contributed by atoms with E-state index in [1.165, 1.54) is 19.2 Å². The highest BCUT2D eigenvalue weighted by Crippen LogP contribution is 2.25. The van der Waals surface area contributed by atoms with Crippen LogP contribution in [0, 0.1) is 0 Å². The fourth-order valence-corrected chi connectivity index (χ4v) is 3.16. The predicted octanol–water partition coefficient (Wildman–Crippen LogP) is 5.14. The van der Waals surface area contributed by atoms with Crippen molar-refractivity contribution in [2.75, 3.05) is 19.0 Å². The van der Waals surface area contributed by atoms with Crippen LogP contribution in [-0.4, -0.2) is 31.4 Å². The number of anilines is 1. The molecule has 0 heterocycles. The van der Waals surface area contributed by atoms with Crippen molar-refractivity contribution in [1.29, 1.82) is 0 Å². The summed E-state index contributed by atoms with van der Waals surface area (Å²) in [6.07, 6.45) is 0.